The average molecular weight is 215 g/mol. The summed E-state index contributed by atoms with van der Waals surface area (Å²) in [6.45, 7) is 3.88. The van der Waals surface area contributed by atoms with Gasteiger partial charge in [-0.05, 0) is 26.0 Å². The first-order valence-corrected chi connectivity index (χ1v) is 4.55. The van der Waals surface area contributed by atoms with Crippen LogP contribution in [0, 0.1) is 0 Å². The Balaban J connectivity index is 3.00. The maximum Gasteiger partial charge on any atom is 0.356 e. The highest BCUT2D eigenvalue weighted by atomic mass is 35.5. The molecule has 0 saturated carbocycles. The number of nitrogens with zero attached hydrogens (tertiary/aromatic N) is 1. The van der Waals surface area contributed by atoms with E-state index in [1.807, 2.05) is 13.8 Å². The first kappa shape index (κ1) is 10.8. The van der Waals surface area contributed by atoms with E-state index < -0.39 is 5.97 Å². The van der Waals surface area contributed by atoms with Gasteiger partial charge in [-0.3, -0.25) is 0 Å². The van der Waals surface area contributed by atoms with Crippen LogP contribution in [0.25, 0.3) is 0 Å². The number of aromatic carboxylic acids is 1. The minimum atomic E-state index is -1.12. The second-order valence-electron chi connectivity index (χ2n) is 3.13. The first-order valence-electron chi connectivity index (χ1n) is 4.17. The van der Waals surface area contributed by atoms with Crippen molar-refractivity contribution in [2.75, 3.05) is 5.32 Å². The number of aromatic nitrogens is 1. The van der Waals surface area contributed by atoms with Gasteiger partial charge < -0.3 is 10.4 Å². The van der Waals surface area contributed by atoms with Gasteiger partial charge in [0.2, 0.25) is 0 Å². The molecule has 0 aromatic carbocycles. The Morgan fingerprint density at radius 3 is 2.71 bits per heavy atom. The van der Waals surface area contributed by atoms with Gasteiger partial charge in [0.15, 0.2) is 5.69 Å². The van der Waals surface area contributed by atoms with Crippen molar-refractivity contribution >= 4 is 23.4 Å². The number of carbonyl (C=O) groups is 1. The summed E-state index contributed by atoms with van der Waals surface area (Å²) in [4.78, 5) is 14.6. The third-order valence-corrected chi connectivity index (χ3v) is 1.79. The molecule has 0 aliphatic carbocycles. The highest BCUT2D eigenvalue weighted by Gasteiger charge is 2.11. The lowest BCUT2D eigenvalue weighted by Crippen LogP contribution is -2.12. The summed E-state index contributed by atoms with van der Waals surface area (Å²) in [5.41, 5.74) is -0.127. The third kappa shape index (κ3) is 2.60. The fraction of sp³-hybridized carbons (Fsp3) is 0.333. The molecule has 76 valence electrons. The molecule has 0 unspecified atom stereocenters. The molecule has 0 bridgehead atoms. The summed E-state index contributed by atoms with van der Waals surface area (Å²) >= 11 is 5.66. The molecule has 1 aromatic heterocycles. The van der Waals surface area contributed by atoms with Crippen LogP contribution < -0.4 is 5.32 Å². The van der Waals surface area contributed by atoms with E-state index in [1.54, 1.807) is 6.07 Å². The lowest BCUT2D eigenvalue weighted by Gasteiger charge is -2.09. The number of anilines is 1. The van der Waals surface area contributed by atoms with Crippen LogP contribution in [0.5, 0.6) is 0 Å². The van der Waals surface area contributed by atoms with Gasteiger partial charge in [-0.2, -0.15) is 0 Å². The Morgan fingerprint density at radius 1 is 1.57 bits per heavy atom. The molecule has 4 nitrogen and oxygen atoms in total. The summed E-state index contributed by atoms with van der Waals surface area (Å²) in [6, 6.07) is 3.36. The smallest absolute Gasteiger partial charge is 0.356 e. The van der Waals surface area contributed by atoms with E-state index in [1.165, 1.54) is 6.07 Å². The van der Waals surface area contributed by atoms with Gasteiger partial charge in [0.1, 0.15) is 5.82 Å². The van der Waals surface area contributed by atoms with Crippen LogP contribution in [0.2, 0.25) is 5.02 Å². The van der Waals surface area contributed by atoms with Crippen LogP contribution in [0.1, 0.15) is 24.3 Å². The maximum absolute atomic E-state index is 10.7. The number of halogens is 1. The molecule has 1 aromatic rings. The van der Waals surface area contributed by atoms with E-state index in [0.717, 1.165) is 0 Å². The zero-order chi connectivity index (χ0) is 10.7. The molecule has 14 heavy (non-hydrogen) atoms. The monoisotopic (exact) mass is 214 g/mol. The number of hydrogen-bond donors (Lipinski definition) is 2. The average Bonchev–Trinajstić information content (AvgIpc) is 2.07. The van der Waals surface area contributed by atoms with Crippen LogP contribution in [0.3, 0.4) is 0 Å². The minimum Gasteiger partial charge on any atom is -0.476 e. The zero-order valence-corrected chi connectivity index (χ0v) is 8.67. The lowest BCUT2D eigenvalue weighted by molar-refractivity contribution is 0.0691. The van der Waals surface area contributed by atoms with E-state index in [9.17, 15) is 4.79 Å². The van der Waals surface area contributed by atoms with Gasteiger partial charge in [0.25, 0.3) is 0 Å². The number of pyridine rings is 1. The quantitative estimate of drug-likeness (QED) is 0.810. The summed E-state index contributed by atoms with van der Waals surface area (Å²) in [6.07, 6.45) is 0. The molecular weight excluding hydrogens is 204 g/mol. The molecule has 5 heteroatoms. The van der Waals surface area contributed by atoms with Crippen molar-refractivity contribution < 1.29 is 9.90 Å². The van der Waals surface area contributed by atoms with Crippen molar-refractivity contribution in [2.45, 2.75) is 19.9 Å². The Kier molecular flexibility index (Phi) is 3.30. The van der Waals surface area contributed by atoms with Crippen molar-refractivity contribution in [3.8, 4) is 0 Å². The van der Waals surface area contributed by atoms with Gasteiger partial charge in [-0.1, -0.05) is 11.6 Å². The van der Waals surface area contributed by atoms with E-state index in [2.05, 4.69) is 10.3 Å². The molecule has 0 fully saturated rings. The van der Waals surface area contributed by atoms with Gasteiger partial charge in [0.05, 0.1) is 5.02 Å². The molecule has 0 amide bonds. The number of rotatable bonds is 3. The topological polar surface area (TPSA) is 62.2 Å². The number of carboxylic acid groups (broad SMARTS) is 1. The predicted molar refractivity (Wildman–Crippen MR) is 55.0 cm³/mol. The molecule has 1 rings (SSSR count). The Labute approximate surface area is 86.9 Å². The normalized spacial score (nSPS) is 10.3. The van der Waals surface area contributed by atoms with Crippen LogP contribution in [-0.4, -0.2) is 22.1 Å². The van der Waals surface area contributed by atoms with E-state index in [-0.39, 0.29) is 16.8 Å². The fourth-order valence-electron chi connectivity index (χ4n) is 0.968. The van der Waals surface area contributed by atoms with E-state index in [0.29, 0.717) is 5.82 Å². The van der Waals surface area contributed by atoms with Crippen LogP contribution in [-0.2, 0) is 0 Å². The van der Waals surface area contributed by atoms with Crippen molar-refractivity contribution in [3.05, 3.63) is 22.8 Å². The van der Waals surface area contributed by atoms with Crippen molar-refractivity contribution in [3.63, 3.8) is 0 Å². The predicted octanol–water partition coefficient (Wildman–Crippen LogP) is 2.25. The highest BCUT2D eigenvalue weighted by Crippen LogP contribution is 2.16. The Morgan fingerprint density at radius 2 is 2.21 bits per heavy atom. The maximum atomic E-state index is 10.7. The third-order valence-electron chi connectivity index (χ3n) is 1.49. The lowest BCUT2D eigenvalue weighted by atomic mass is 10.3. The second kappa shape index (κ2) is 4.28. The van der Waals surface area contributed by atoms with Crippen molar-refractivity contribution in [2.24, 2.45) is 0 Å². The number of carboxylic acids is 1. The number of hydrogen-bond acceptors (Lipinski definition) is 3. The highest BCUT2D eigenvalue weighted by molar-refractivity contribution is 6.33. The van der Waals surface area contributed by atoms with Gasteiger partial charge >= 0.3 is 5.97 Å². The standard InChI is InChI=1S/C9H11ClN2O2/c1-5(2)11-7-4-3-6(10)8(12-7)9(13)14/h3-5H,1-2H3,(H,11,12)(H,13,14). The summed E-state index contributed by atoms with van der Waals surface area (Å²) in [7, 11) is 0. The van der Waals surface area contributed by atoms with Crippen LogP contribution >= 0.6 is 11.6 Å². The fourth-order valence-corrected chi connectivity index (χ4v) is 1.15. The molecule has 2 N–H and O–H groups in total. The molecular formula is C9H11ClN2O2. The molecule has 0 aliphatic heterocycles. The SMILES string of the molecule is CC(C)Nc1ccc(Cl)c(C(=O)O)n1. The minimum absolute atomic E-state index is 0.127. The molecule has 0 radical (unpaired) electrons. The van der Waals surface area contributed by atoms with Gasteiger partial charge in [0, 0.05) is 6.04 Å². The van der Waals surface area contributed by atoms with Gasteiger partial charge in [-0.25, -0.2) is 9.78 Å². The van der Waals surface area contributed by atoms with E-state index >= 15 is 0 Å². The zero-order valence-electron chi connectivity index (χ0n) is 7.91. The summed E-state index contributed by atoms with van der Waals surface area (Å²) in [5, 5.41) is 11.9. The summed E-state index contributed by atoms with van der Waals surface area (Å²) < 4.78 is 0. The molecule has 0 aliphatic rings. The van der Waals surface area contributed by atoms with Crippen LogP contribution in [0.4, 0.5) is 5.82 Å². The molecule has 0 spiro atoms. The van der Waals surface area contributed by atoms with Crippen molar-refractivity contribution in [1.29, 1.82) is 0 Å². The number of nitrogens with one attached hydrogen (secondary N) is 1. The van der Waals surface area contributed by atoms with Gasteiger partial charge in [-0.15, -0.1) is 0 Å². The van der Waals surface area contributed by atoms with Crippen molar-refractivity contribution in [1.82, 2.24) is 4.98 Å². The van der Waals surface area contributed by atoms with Crippen LogP contribution in [0.15, 0.2) is 12.1 Å². The Bertz CT molecular complexity index is 353. The molecule has 0 atom stereocenters. The first-order chi connectivity index (χ1) is 6.50. The largest absolute Gasteiger partial charge is 0.476 e. The second-order valence-corrected chi connectivity index (χ2v) is 3.54. The molecule has 1 heterocycles. The Hall–Kier alpha value is -1.29. The molecule has 0 saturated heterocycles. The summed E-state index contributed by atoms with van der Waals surface area (Å²) in [5.74, 6) is -0.607. The van der Waals surface area contributed by atoms with E-state index in [4.69, 9.17) is 16.7 Å².